The fraction of sp³-hybridized carbons (Fsp3) is 0.533. The summed E-state index contributed by atoms with van der Waals surface area (Å²) >= 11 is 1.57. The van der Waals surface area contributed by atoms with Gasteiger partial charge >= 0.3 is 5.97 Å². The number of benzene rings is 1. The first kappa shape index (κ1) is 15.9. The summed E-state index contributed by atoms with van der Waals surface area (Å²) in [4.78, 5) is 14.4. The molecule has 0 unspecified atom stereocenters. The van der Waals surface area contributed by atoms with Gasteiger partial charge in [-0.05, 0) is 23.3 Å². The van der Waals surface area contributed by atoms with E-state index >= 15 is 0 Å². The number of thioether (sulfide) groups is 1. The molecule has 0 fully saturated rings. The Morgan fingerprint density at radius 1 is 1.37 bits per heavy atom. The molecule has 0 heterocycles. The number of rotatable bonds is 5. The third kappa shape index (κ3) is 4.46. The van der Waals surface area contributed by atoms with E-state index in [2.05, 4.69) is 20.8 Å². The first-order chi connectivity index (χ1) is 8.76. The average Bonchev–Trinajstić information content (AvgIpc) is 2.26. The van der Waals surface area contributed by atoms with Crippen molar-refractivity contribution in [1.82, 2.24) is 0 Å². The van der Waals surface area contributed by atoms with Gasteiger partial charge in [0.05, 0.1) is 11.3 Å². The van der Waals surface area contributed by atoms with Gasteiger partial charge < -0.3 is 10.0 Å². The molecule has 0 amide bonds. The molecular formula is C15H23NO2S. The number of carboxylic acid groups (broad SMARTS) is 1. The van der Waals surface area contributed by atoms with Crippen molar-refractivity contribution in [2.24, 2.45) is 5.41 Å². The molecule has 106 valence electrons. The normalized spacial score (nSPS) is 11.4. The molecule has 0 aromatic heterocycles. The average molecular weight is 281 g/mol. The molecule has 1 rings (SSSR count). The van der Waals surface area contributed by atoms with Gasteiger partial charge in [-0.2, -0.15) is 0 Å². The molecule has 0 aliphatic rings. The minimum Gasteiger partial charge on any atom is -0.478 e. The van der Waals surface area contributed by atoms with Crippen LogP contribution in [0.1, 0.15) is 38.1 Å². The van der Waals surface area contributed by atoms with Gasteiger partial charge in [0.1, 0.15) is 0 Å². The number of anilines is 1. The molecule has 19 heavy (non-hydrogen) atoms. The predicted molar refractivity (Wildman–Crippen MR) is 82.5 cm³/mol. The maximum absolute atomic E-state index is 11.5. The second-order valence-corrected chi connectivity index (χ2v) is 7.11. The van der Waals surface area contributed by atoms with Gasteiger partial charge in [0, 0.05) is 18.5 Å². The zero-order valence-electron chi connectivity index (χ0n) is 12.4. The molecule has 4 heteroatoms. The number of carboxylic acids is 1. The number of aromatic carboxylic acids is 1. The van der Waals surface area contributed by atoms with E-state index in [-0.39, 0.29) is 5.41 Å². The molecule has 0 saturated heterocycles. The SMILES string of the molecule is CCSc1cccc(N(C)CC(C)(C)C)c1C(=O)O. The van der Waals surface area contributed by atoms with E-state index in [1.54, 1.807) is 11.8 Å². The summed E-state index contributed by atoms with van der Waals surface area (Å²) in [5.74, 6) is 0.0134. The van der Waals surface area contributed by atoms with Crippen LogP contribution in [0.25, 0.3) is 0 Å². The van der Waals surface area contributed by atoms with Crippen LogP contribution in [0.4, 0.5) is 5.69 Å². The van der Waals surface area contributed by atoms with Crippen LogP contribution in [0.15, 0.2) is 23.1 Å². The fourth-order valence-electron chi connectivity index (χ4n) is 2.13. The summed E-state index contributed by atoms with van der Waals surface area (Å²) in [6, 6.07) is 5.69. The highest BCUT2D eigenvalue weighted by atomic mass is 32.2. The van der Waals surface area contributed by atoms with Crippen LogP contribution in [0, 0.1) is 5.41 Å². The van der Waals surface area contributed by atoms with Gasteiger partial charge in [0.2, 0.25) is 0 Å². The maximum atomic E-state index is 11.5. The molecule has 0 saturated carbocycles. The lowest BCUT2D eigenvalue weighted by Crippen LogP contribution is -2.30. The Bertz CT molecular complexity index is 452. The van der Waals surface area contributed by atoms with Gasteiger partial charge in [-0.1, -0.05) is 33.8 Å². The Morgan fingerprint density at radius 3 is 2.47 bits per heavy atom. The van der Waals surface area contributed by atoms with E-state index in [0.29, 0.717) is 5.56 Å². The lowest BCUT2D eigenvalue weighted by Gasteiger charge is -2.29. The molecule has 0 bridgehead atoms. The molecule has 1 aromatic rings. The smallest absolute Gasteiger partial charge is 0.338 e. The molecular weight excluding hydrogens is 258 g/mol. The number of nitrogens with zero attached hydrogens (tertiary/aromatic N) is 1. The van der Waals surface area contributed by atoms with Crippen molar-refractivity contribution in [1.29, 1.82) is 0 Å². The monoisotopic (exact) mass is 281 g/mol. The number of carbonyl (C=O) groups is 1. The topological polar surface area (TPSA) is 40.5 Å². The van der Waals surface area contributed by atoms with Crippen molar-refractivity contribution in [2.45, 2.75) is 32.6 Å². The van der Waals surface area contributed by atoms with Crippen LogP contribution < -0.4 is 4.90 Å². The molecule has 0 aliphatic heterocycles. The van der Waals surface area contributed by atoms with Gasteiger partial charge in [0.25, 0.3) is 0 Å². The molecule has 0 aliphatic carbocycles. The Labute approximate surface area is 120 Å². The van der Waals surface area contributed by atoms with E-state index in [1.807, 2.05) is 37.1 Å². The number of hydrogen-bond donors (Lipinski definition) is 1. The van der Waals surface area contributed by atoms with Crippen LogP contribution in [0.2, 0.25) is 0 Å². The summed E-state index contributed by atoms with van der Waals surface area (Å²) < 4.78 is 0. The van der Waals surface area contributed by atoms with Crippen molar-refractivity contribution < 1.29 is 9.90 Å². The van der Waals surface area contributed by atoms with Crippen molar-refractivity contribution in [3.05, 3.63) is 23.8 Å². The first-order valence-corrected chi connectivity index (χ1v) is 7.45. The Hall–Kier alpha value is -1.16. The van der Waals surface area contributed by atoms with Crippen LogP contribution in [-0.4, -0.2) is 30.4 Å². The highest BCUT2D eigenvalue weighted by molar-refractivity contribution is 7.99. The van der Waals surface area contributed by atoms with Crippen LogP contribution in [-0.2, 0) is 0 Å². The lowest BCUT2D eigenvalue weighted by molar-refractivity contribution is 0.0693. The van der Waals surface area contributed by atoms with Crippen LogP contribution in [0.3, 0.4) is 0 Å². The summed E-state index contributed by atoms with van der Waals surface area (Å²) in [6.45, 7) is 9.28. The standard InChI is InChI=1S/C15H23NO2S/c1-6-19-12-9-7-8-11(13(12)14(17)18)16(5)10-15(2,3)4/h7-9H,6,10H2,1-5H3,(H,17,18). The fourth-order valence-corrected chi connectivity index (χ4v) is 2.95. The van der Waals surface area contributed by atoms with Gasteiger partial charge in [-0.25, -0.2) is 4.79 Å². The first-order valence-electron chi connectivity index (χ1n) is 6.46. The second-order valence-electron chi connectivity index (χ2n) is 5.81. The van der Waals surface area contributed by atoms with Crippen molar-refractivity contribution in [3.8, 4) is 0 Å². The molecule has 0 radical (unpaired) electrons. The van der Waals surface area contributed by atoms with Crippen molar-refractivity contribution in [2.75, 3.05) is 24.2 Å². The van der Waals surface area contributed by atoms with Gasteiger partial charge in [0.15, 0.2) is 0 Å². The third-order valence-corrected chi connectivity index (χ3v) is 3.58. The van der Waals surface area contributed by atoms with E-state index in [1.165, 1.54) is 0 Å². The largest absolute Gasteiger partial charge is 0.478 e. The molecule has 3 nitrogen and oxygen atoms in total. The third-order valence-electron chi connectivity index (χ3n) is 2.64. The maximum Gasteiger partial charge on any atom is 0.338 e. The second kappa shape index (κ2) is 6.33. The Kier molecular flexibility index (Phi) is 5.29. The summed E-state index contributed by atoms with van der Waals surface area (Å²) in [5.41, 5.74) is 1.33. The highest BCUT2D eigenvalue weighted by Gasteiger charge is 2.21. The van der Waals surface area contributed by atoms with E-state index in [0.717, 1.165) is 22.9 Å². The van der Waals surface area contributed by atoms with E-state index in [4.69, 9.17) is 0 Å². The van der Waals surface area contributed by atoms with Crippen molar-refractivity contribution in [3.63, 3.8) is 0 Å². The summed E-state index contributed by atoms with van der Waals surface area (Å²) in [6.07, 6.45) is 0. The van der Waals surface area contributed by atoms with Crippen LogP contribution in [0.5, 0.6) is 0 Å². The van der Waals surface area contributed by atoms with Gasteiger partial charge in [-0.3, -0.25) is 0 Å². The zero-order valence-corrected chi connectivity index (χ0v) is 13.2. The zero-order chi connectivity index (χ0) is 14.6. The Balaban J connectivity index is 3.19. The summed E-state index contributed by atoms with van der Waals surface area (Å²) in [7, 11) is 1.95. The van der Waals surface area contributed by atoms with Crippen LogP contribution >= 0.6 is 11.8 Å². The highest BCUT2D eigenvalue weighted by Crippen LogP contribution is 2.31. The summed E-state index contributed by atoms with van der Waals surface area (Å²) in [5, 5.41) is 9.48. The minimum atomic E-state index is -0.854. The molecule has 0 atom stereocenters. The minimum absolute atomic E-state index is 0.123. The van der Waals surface area contributed by atoms with E-state index < -0.39 is 5.97 Å². The quantitative estimate of drug-likeness (QED) is 0.829. The number of hydrogen-bond acceptors (Lipinski definition) is 3. The molecule has 1 aromatic carbocycles. The lowest BCUT2D eigenvalue weighted by atomic mass is 9.95. The molecule has 0 spiro atoms. The van der Waals surface area contributed by atoms with Crippen molar-refractivity contribution >= 4 is 23.4 Å². The molecule has 1 N–H and O–H groups in total. The van der Waals surface area contributed by atoms with E-state index in [9.17, 15) is 9.90 Å². The Morgan fingerprint density at radius 2 is 2.00 bits per heavy atom. The van der Waals surface area contributed by atoms with Gasteiger partial charge in [-0.15, -0.1) is 11.8 Å². The predicted octanol–water partition coefficient (Wildman–Crippen LogP) is 3.98.